The Bertz CT molecular complexity index is 1070. The fraction of sp³-hybridized carbons (Fsp3) is 0.211. The second-order valence-electron chi connectivity index (χ2n) is 6.21. The number of H-pyrrole nitrogens is 2. The third kappa shape index (κ3) is 2.76. The average Bonchev–Trinajstić information content (AvgIpc) is 3.18. The van der Waals surface area contributed by atoms with Gasteiger partial charge in [0.15, 0.2) is 5.65 Å². The molecule has 0 aliphatic heterocycles. The number of nitrogens with one attached hydrogen (secondary N) is 2. The first-order valence-electron chi connectivity index (χ1n) is 8.29. The van der Waals surface area contributed by atoms with Gasteiger partial charge in [0.1, 0.15) is 0 Å². The van der Waals surface area contributed by atoms with Crippen molar-refractivity contribution in [3.8, 4) is 11.1 Å². The Morgan fingerprint density at radius 1 is 1.12 bits per heavy atom. The topological polar surface area (TPSA) is 78.8 Å². The summed E-state index contributed by atoms with van der Waals surface area (Å²) in [6.45, 7) is 4.00. The van der Waals surface area contributed by atoms with Crippen LogP contribution in [0.5, 0.6) is 0 Å². The number of hydrogen-bond donors (Lipinski definition) is 2. The van der Waals surface area contributed by atoms with E-state index < -0.39 is 0 Å². The summed E-state index contributed by atoms with van der Waals surface area (Å²) in [4.78, 5) is 17.1. The van der Waals surface area contributed by atoms with Crippen molar-refractivity contribution in [1.29, 1.82) is 0 Å². The zero-order chi connectivity index (χ0) is 17.4. The SMILES string of the molecule is Cc1n[nH]c(C)c1CCc1cc(=O)n2[nH]cc(-c3ccccc3)c2n1. The molecule has 0 radical (unpaired) electrons. The van der Waals surface area contributed by atoms with E-state index in [2.05, 4.69) is 15.3 Å². The maximum absolute atomic E-state index is 12.4. The largest absolute Gasteiger partial charge is 0.296 e. The van der Waals surface area contributed by atoms with Gasteiger partial charge in [0, 0.05) is 29.2 Å². The molecule has 4 rings (SSSR count). The van der Waals surface area contributed by atoms with Crippen LogP contribution in [0, 0.1) is 13.8 Å². The van der Waals surface area contributed by atoms with Gasteiger partial charge in [0.05, 0.1) is 5.69 Å². The van der Waals surface area contributed by atoms with E-state index in [-0.39, 0.29) is 5.56 Å². The highest BCUT2D eigenvalue weighted by Gasteiger charge is 2.12. The molecule has 25 heavy (non-hydrogen) atoms. The van der Waals surface area contributed by atoms with Crippen LogP contribution in [0.25, 0.3) is 16.8 Å². The summed E-state index contributed by atoms with van der Waals surface area (Å²) in [5.74, 6) is 0. The fourth-order valence-corrected chi connectivity index (χ4v) is 3.18. The fourth-order valence-electron chi connectivity index (χ4n) is 3.18. The third-order valence-corrected chi connectivity index (χ3v) is 4.55. The van der Waals surface area contributed by atoms with Gasteiger partial charge < -0.3 is 0 Å². The Morgan fingerprint density at radius 3 is 2.64 bits per heavy atom. The number of nitrogens with zero attached hydrogens (tertiary/aromatic N) is 3. The number of fused-ring (bicyclic) bond motifs is 1. The van der Waals surface area contributed by atoms with Crippen LogP contribution in [0.3, 0.4) is 0 Å². The average molecular weight is 333 g/mol. The predicted molar refractivity (Wildman–Crippen MR) is 96.7 cm³/mol. The van der Waals surface area contributed by atoms with Gasteiger partial charge in [-0.05, 0) is 37.8 Å². The number of aromatic nitrogens is 5. The minimum Gasteiger partial charge on any atom is -0.296 e. The van der Waals surface area contributed by atoms with Crippen molar-refractivity contribution in [2.45, 2.75) is 26.7 Å². The van der Waals surface area contributed by atoms with Crippen LogP contribution < -0.4 is 5.56 Å². The molecule has 0 spiro atoms. The highest BCUT2D eigenvalue weighted by molar-refractivity contribution is 5.76. The molecule has 3 heterocycles. The molecule has 6 heteroatoms. The van der Waals surface area contributed by atoms with Gasteiger partial charge in [0.25, 0.3) is 5.56 Å². The lowest BCUT2D eigenvalue weighted by Gasteiger charge is -2.04. The molecule has 0 aliphatic carbocycles. The number of rotatable bonds is 4. The van der Waals surface area contributed by atoms with Crippen LogP contribution in [-0.4, -0.2) is 24.8 Å². The normalized spacial score (nSPS) is 11.3. The summed E-state index contributed by atoms with van der Waals surface area (Å²) in [5.41, 5.74) is 6.59. The molecule has 1 aromatic carbocycles. The molecule has 0 bridgehead atoms. The Morgan fingerprint density at radius 2 is 1.92 bits per heavy atom. The Labute approximate surface area is 144 Å². The minimum absolute atomic E-state index is 0.0946. The van der Waals surface area contributed by atoms with Crippen LogP contribution in [0.1, 0.15) is 22.6 Å². The molecule has 126 valence electrons. The molecule has 0 amide bonds. The quantitative estimate of drug-likeness (QED) is 0.603. The molecular weight excluding hydrogens is 314 g/mol. The highest BCUT2D eigenvalue weighted by Crippen LogP contribution is 2.22. The van der Waals surface area contributed by atoms with E-state index in [9.17, 15) is 4.79 Å². The van der Waals surface area contributed by atoms with Gasteiger partial charge in [-0.2, -0.15) is 5.10 Å². The van der Waals surface area contributed by atoms with Crippen LogP contribution in [-0.2, 0) is 12.8 Å². The van der Waals surface area contributed by atoms with E-state index in [4.69, 9.17) is 4.98 Å². The molecule has 0 aliphatic rings. The molecule has 0 saturated heterocycles. The molecule has 0 fully saturated rings. The number of aryl methyl sites for hydroxylation is 3. The van der Waals surface area contributed by atoms with Crippen molar-refractivity contribution in [3.63, 3.8) is 0 Å². The van der Waals surface area contributed by atoms with E-state index in [0.29, 0.717) is 12.1 Å². The highest BCUT2D eigenvalue weighted by atomic mass is 16.1. The lowest BCUT2D eigenvalue weighted by molar-refractivity contribution is 0.848. The lowest BCUT2D eigenvalue weighted by Crippen LogP contribution is -2.16. The molecule has 2 N–H and O–H groups in total. The summed E-state index contributed by atoms with van der Waals surface area (Å²) in [6, 6.07) is 11.6. The van der Waals surface area contributed by atoms with Crippen LogP contribution in [0.2, 0.25) is 0 Å². The molecule has 4 aromatic rings. The molecule has 0 atom stereocenters. The van der Waals surface area contributed by atoms with Crippen LogP contribution in [0.15, 0.2) is 47.4 Å². The summed E-state index contributed by atoms with van der Waals surface area (Å²) < 4.78 is 1.49. The summed E-state index contributed by atoms with van der Waals surface area (Å²) in [7, 11) is 0. The van der Waals surface area contributed by atoms with Crippen molar-refractivity contribution >= 4 is 5.65 Å². The zero-order valence-electron chi connectivity index (χ0n) is 14.2. The molecule has 3 aromatic heterocycles. The first kappa shape index (κ1) is 15.4. The van der Waals surface area contributed by atoms with Gasteiger partial charge in [-0.1, -0.05) is 30.3 Å². The van der Waals surface area contributed by atoms with E-state index in [0.717, 1.165) is 34.6 Å². The zero-order valence-corrected chi connectivity index (χ0v) is 14.2. The second kappa shape index (κ2) is 6.05. The van der Waals surface area contributed by atoms with E-state index in [1.165, 1.54) is 10.1 Å². The van der Waals surface area contributed by atoms with Gasteiger partial charge in [-0.3, -0.25) is 15.0 Å². The number of hydrogen-bond acceptors (Lipinski definition) is 3. The van der Waals surface area contributed by atoms with E-state index in [1.54, 1.807) is 6.07 Å². The Kier molecular flexibility index (Phi) is 3.72. The van der Waals surface area contributed by atoms with Crippen molar-refractivity contribution in [2.75, 3.05) is 0 Å². The van der Waals surface area contributed by atoms with E-state index in [1.807, 2.05) is 50.4 Å². The lowest BCUT2D eigenvalue weighted by atomic mass is 10.1. The summed E-state index contributed by atoms with van der Waals surface area (Å²) in [6.07, 6.45) is 3.33. The van der Waals surface area contributed by atoms with Gasteiger partial charge in [-0.15, -0.1) is 0 Å². The minimum atomic E-state index is -0.0946. The predicted octanol–water partition coefficient (Wildman–Crippen LogP) is 2.81. The van der Waals surface area contributed by atoms with Crippen LogP contribution in [0.4, 0.5) is 0 Å². The Balaban J connectivity index is 1.72. The molecule has 0 unspecified atom stereocenters. The molecule has 6 nitrogen and oxygen atoms in total. The first-order valence-corrected chi connectivity index (χ1v) is 8.29. The smallest absolute Gasteiger partial charge is 0.272 e. The molecular formula is C19H19N5O. The van der Waals surface area contributed by atoms with Gasteiger partial charge in [-0.25, -0.2) is 9.50 Å². The maximum atomic E-state index is 12.4. The van der Waals surface area contributed by atoms with Crippen molar-refractivity contribution in [1.82, 2.24) is 24.8 Å². The van der Waals surface area contributed by atoms with Gasteiger partial charge in [0.2, 0.25) is 0 Å². The van der Waals surface area contributed by atoms with E-state index >= 15 is 0 Å². The van der Waals surface area contributed by atoms with Crippen molar-refractivity contribution in [3.05, 3.63) is 75.6 Å². The first-order chi connectivity index (χ1) is 12.1. The monoisotopic (exact) mass is 333 g/mol. The number of benzene rings is 1. The van der Waals surface area contributed by atoms with Crippen molar-refractivity contribution in [2.24, 2.45) is 0 Å². The van der Waals surface area contributed by atoms with Crippen molar-refractivity contribution < 1.29 is 0 Å². The van der Waals surface area contributed by atoms with Crippen LogP contribution >= 0.6 is 0 Å². The summed E-state index contributed by atoms with van der Waals surface area (Å²) >= 11 is 0. The van der Waals surface area contributed by atoms with Gasteiger partial charge >= 0.3 is 0 Å². The second-order valence-corrected chi connectivity index (χ2v) is 6.21. The maximum Gasteiger partial charge on any atom is 0.272 e. The molecule has 0 saturated carbocycles. The Hall–Kier alpha value is -3.15. The summed E-state index contributed by atoms with van der Waals surface area (Å²) in [5, 5.41) is 10.2. The third-order valence-electron chi connectivity index (χ3n) is 4.55. The number of aromatic amines is 2. The standard InChI is InChI=1S/C19H19N5O/c1-12-16(13(2)23-22-12)9-8-15-10-18(25)24-19(21-15)17(11-20-24)14-6-4-3-5-7-14/h3-7,10-11,20H,8-9H2,1-2H3,(H,22,23).